The van der Waals surface area contributed by atoms with E-state index in [9.17, 15) is 4.79 Å². The highest BCUT2D eigenvalue weighted by atomic mass is 32.1. The molecule has 0 saturated heterocycles. The fourth-order valence-electron chi connectivity index (χ4n) is 1.77. The zero-order chi connectivity index (χ0) is 15.9. The summed E-state index contributed by atoms with van der Waals surface area (Å²) in [4.78, 5) is 15.9. The van der Waals surface area contributed by atoms with Gasteiger partial charge in [-0.1, -0.05) is 6.92 Å². The third-order valence-electron chi connectivity index (χ3n) is 2.84. The summed E-state index contributed by atoms with van der Waals surface area (Å²) >= 11 is 1.70. The van der Waals surface area contributed by atoms with E-state index in [0.717, 1.165) is 6.54 Å². The van der Waals surface area contributed by atoms with Crippen molar-refractivity contribution in [1.29, 1.82) is 0 Å². The van der Waals surface area contributed by atoms with Crippen LogP contribution < -0.4 is 16.0 Å². The van der Waals surface area contributed by atoms with E-state index < -0.39 is 0 Å². The maximum Gasteiger partial charge on any atom is 0.239 e. The quantitative estimate of drug-likeness (QED) is 0.575. The van der Waals surface area contributed by atoms with Crippen LogP contribution in [0.5, 0.6) is 0 Å². The molecule has 0 spiro atoms. The Bertz CT molecular complexity index is 463. The molecule has 1 heterocycles. The number of aliphatic imine (C=N–C) groups is 1. The molecular weight excluding hydrogens is 284 g/mol. The molecule has 1 atom stereocenters. The van der Waals surface area contributed by atoms with Gasteiger partial charge in [0.15, 0.2) is 5.96 Å². The molecule has 1 unspecified atom stereocenters. The van der Waals surface area contributed by atoms with E-state index in [1.54, 1.807) is 18.4 Å². The van der Waals surface area contributed by atoms with Crippen molar-refractivity contribution in [3.63, 3.8) is 0 Å². The average Bonchev–Trinajstić information content (AvgIpc) is 2.90. The van der Waals surface area contributed by atoms with Crippen molar-refractivity contribution in [2.75, 3.05) is 20.1 Å². The van der Waals surface area contributed by atoms with Gasteiger partial charge in [-0.05, 0) is 49.1 Å². The number of carbonyl (C=O) groups excluding carboxylic acids is 1. The summed E-state index contributed by atoms with van der Waals surface area (Å²) < 4.78 is 0. The number of nitrogens with one attached hydrogen (secondary N) is 3. The largest absolute Gasteiger partial charge is 0.356 e. The van der Waals surface area contributed by atoms with E-state index in [-0.39, 0.29) is 18.0 Å². The maximum absolute atomic E-state index is 11.7. The van der Waals surface area contributed by atoms with Crippen molar-refractivity contribution in [2.24, 2.45) is 4.99 Å². The van der Waals surface area contributed by atoms with Crippen LogP contribution in [0, 0.1) is 0 Å². The SMILES string of the molecule is CN=C(NCC(=O)NC(C)(C)C)NCC(C)c1ccsc1. The van der Waals surface area contributed by atoms with Crippen LogP contribution in [0.1, 0.15) is 39.2 Å². The minimum absolute atomic E-state index is 0.0451. The smallest absolute Gasteiger partial charge is 0.239 e. The van der Waals surface area contributed by atoms with Gasteiger partial charge in [0, 0.05) is 19.1 Å². The van der Waals surface area contributed by atoms with E-state index in [4.69, 9.17) is 0 Å². The van der Waals surface area contributed by atoms with Crippen molar-refractivity contribution in [3.8, 4) is 0 Å². The second-order valence-corrected chi connectivity index (χ2v) is 6.84. The highest BCUT2D eigenvalue weighted by Gasteiger charge is 2.14. The van der Waals surface area contributed by atoms with Gasteiger partial charge >= 0.3 is 0 Å². The normalized spacial score (nSPS) is 13.7. The molecule has 0 aromatic carbocycles. The lowest BCUT2D eigenvalue weighted by Crippen LogP contribution is -2.48. The third-order valence-corrected chi connectivity index (χ3v) is 3.54. The number of carbonyl (C=O) groups is 1. The molecule has 21 heavy (non-hydrogen) atoms. The van der Waals surface area contributed by atoms with Crippen molar-refractivity contribution in [1.82, 2.24) is 16.0 Å². The molecule has 0 aliphatic carbocycles. The number of thiophene rings is 1. The number of nitrogens with zero attached hydrogens (tertiary/aromatic N) is 1. The minimum atomic E-state index is -0.219. The maximum atomic E-state index is 11.7. The number of rotatable bonds is 5. The second-order valence-electron chi connectivity index (χ2n) is 6.06. The standard InChI is InChI=1S/C15H26N4OS/c1-11(12-6-7-21-10-12)8-17-14(16-5)18-9-13(20)19-15(2,3)4/h6-7,10-11H,8-9H2,1-5H3,(H,19,20)(H2,16,17,18). The van der Waals surface area contributed by atoms with E-state index in [1.165, 1.54) is 5.56 Å². The van der Waals surface area contributed by atoms with E-state index in [0.29, 0.717) is 11.9 Å². The summed E-state index contributed by atoms with van der Waals surface area (Å²) in [6.07, 6.45) is 0. The fraction of sp³-hybridized carbons (Fsp3) is 0.600. The van der Waals surface area contributed by atoms with Crippen LogP contribution in [0.3, 0.4) is 0 Å². The molecule has 1 amide bonds. The Morgan fingerprint density at radius 2 is 2.10 bits per heavy atom. The fourth-order valence-corrected chi connectivity index (χ4v) is 2.55. The van der Waals surface area contributed by atoms with Crippen molar-refractivity contribution in [3.05, 3.63) is 22.4 Å². The van der Waals surface area contributed by atoms with Gasteiger partial charge in [-0.25, -0.2) is 0 Å². The molecule has 0 aliphatic rings. The average molecular weight is 310 g/mol. The molecule has 0 radical (unpaired) electrons. The Morgan fingerprint density at radius 3 is 2.62 bits per heavy atom. The van der Waals surface area contributed by atoms with Crippen molar-refractivity contribution in [2.45, 2.75) is 39.2 Å². The van der Waals surface area contributed by atoms with Crippen molar-refractivity contribution < 1.29 is 4.79 Å². The van der Waals surface area contributed by atoms with Crippen LogP contribution in [0.2, 0.25) is 0 Å². The topological polar surface area (TPSA) is 65.5 Å². The molecular formula is C15H26N4OS. The van der Waals surface area contributed by atoms with Crippen LogP contribution in [-0.2, 0) is 4.79 Å². The minimum Gasteiger partial charge on any atom is -0.356 e. The molecule has 1 aromatic rings. The number of guanidine groups is 1. The monoisotopic (exact) mass is 310 g/mol. The molecule has 1 rings (SSSR count). The summed E-state index contributed by atoms with van der Waals surface area (Å²) in [7, 11) is 1.70. The lowest BCUT2D eigenvalue weighted by atomic mass is 10.1. The Labute approximate surface area is 131 Å². The van der Waals surface area contributed by atoms with Crippen LogP contribution in [0.25, 0.3) is 0 Å². The van der Waals surface area contributed by atoms with Gasteiger partial charge < -0.3 is 16.0 Å². The summed E-state index contributed by atoms with van der Waals surface area (Å²) in [5.74, 6) is 0.996. The molecule has 0 fully saturated rings. The Balaban J connectivity index is 2.34. The number of amides is 1. The highest BCUT2D eigenvalue weighted by Crippen LogP contribution is 2.16. The van der Waals surface area contributed by atoms with E-state index in [2.05, 4.69) is 44.7 Å². The van der Waals surface area contributed by atoms with Gasteiger partial charge in [-0.3, -0.25) is 9.79 Å². The van der Waals surface area contributed by atoms with Crippen LogP contribution >= 0.6 is 11.3 Å². The molecule has 0 saturated carbocycles. The summed E-state index contributed by atoms with van der Waals surface area (Å²) in [6.45, 7) is 9.03. The Kier molecular flexibility index (Phi) is 6.68. The van der Waals surface area contributed by atoms with Gasteiger partial charge in [0.2, 0.25) is 5.91 Å². The van der Waals surface area contributed by atoms with Gasteiger partial charge in [0.05, 0.1) is 6.54 Å². The summed E-state index contributed by atoms with van der Waals surface area (Å²) in [6, 6.07) is 2.13. The second kappa shape index (κ2) is 8.02. The van der Waals surface area contributed by atoms with Crippen LogP contribution in [0.15, 0.2) is 21.8 Å². The van der Waals surface area contributed by atoms with Gasteiger partial charge in [-0.2, -0.15) is 11.3 Å². The number of hydrogen-bond acceptors (Lipinski definition) is 3. The zero-order valence-corrected chi connectivity index (χ0v) is 14.3. The zero-order valence-electron chi connectivity index (χ0n) is 13.5. The molecule has 3 N–H and O–H groups in total. The molecule has 6 heteroatoms. The Morgan fingerprint density at radius 1 is 1.38 bits per heavy atom. The first-order chi connectivity index (χ1) is 9.81. The molecule has 1 aromatic heterocycles. The van der Waals surface area contributed by atoms with Gasteiger partial charge in [-0.15, -0.1) is 0 Å². The van der Waals surface area contributed by atoms with Crippen molar-refractivity contribution >= 4 is 23.2 Å². The van der Waals surface area contributed by atoms with E-state index in [1.807, 2.05) is 20.8 Å². The Hall–Kier alpha value is -1.56. The first-order valence-corrected chi connectivity index (χ1v) is 8.03. The van der Waals surface area contributed by atoms with Crippen LogP contribution in [-0.4, -0.2) is 37.5 Å². The molecule has 0 bridgehead atoms. The molecule has 0 aliphatic heterocycles. The van der Waals surface area contributed by atoms with Crippen LogP contribution in [0.4, 0.5) is 0 Å². The van der Waals surface area contributed by atoms with E-state index >= 15 is 0 Å². The van der Waals surface area contributed by atoms with Gasteiger partial charge in [0.25, 0.3) is 0 Å². The summed E-state index contributed by atoms with van der Waals surface area (Å²) in [5, 5.41) is 13.4. The molecule has 118 valence electrons. The predicted octanol–water partition coefficient (Wildman–Crippen LogP) is 1.93. The highest BCUT2D eigenvalue weighted by molar-refractivity contribution is 7.07. The lowest BCUT2D eigenvalue weighted by Gasteiger charge is -2.21. The molecule has 5 nitrogen and oxygen atoms in total. The van der Waals surface area contributed by atoms with Gasteiger partial charge in [0.1, 0.15) is 0 Å². The number of hydrogen-bond donors (Lipinski definition) is 3. The first kappa shape index (κ1) is 17.5. The summed E-state index contributed by atoms with van der Waals surface area (Å²) in [5.41, 5.74) is 1.09. The predicted molar refractivity (Wildman–Crippen MR) is 90.0 cm³/mol. The lowest BCUT2D eigenvalue weighted by molar-refractivity contribution is -0.121. The first-order valence-electron chi connectivity index (χ1n) is 7.09. The third kappa shape index (κ3) is 7.13.